The molecule has 1 aromatic heterocycles. The summed E-state index contributed by atoms with van der Waals surface area (Å²) in [5.74, 6) is 1.71. The third kappa shape index (κ3) is 2.71. The van der Waals surface area contributed by atoms with Crippen LogP contribution < -0.4 is 4.74 Å². The van der Waals surface area contributed by atoms with Gasteiger partial charge in [0.1, 0.15) is 0 Å². The molecule has 0 aromatic carbocycles. The average Bonchev–Trinajstić information content (AvgIpc) is 2.09. The van der Waals surface area contributed by atoms with Crippen molar-refractivity contribution in [1.29, 1.82) is 0 Å². The maximum atomic E-state index is 13.1. The van der Waals surface area contributed by atoms with Gasteiger partial charge in [-0.2, -0.15) is 0 Å². The molecule has 1 aromatic rings. The lowest BCUT2D eigenvalue weighted by Gasteiger charge is -2.07. The first-order valence-corrected chi connectivity index (χ1v) is 4.36. The van der Waals surface area contributed by atoms with Crippen molar-refractivity contribution in [2.75, 3.05) is 0 Å². The number of nitrogens with zero attached hydrogens (tertiary/aromatic N) is 1. The van der Waals surface area contributed by atoms with E-state index in [1.54, 1.807) is 6.92 Å². The lowest BCUT2D eigenvalue weighted by Crippen LogP contribution is -2.10. The Balaban J connectivity index is 2.85. The zero-order valence-electron chi connectivity index (χ0n) is 6.92. The molecule has 0 radical (unpaired) electrons. The molecule has 0 amide bonds. The molecular weight excluding hydrogens is 237 g/mol. The molecule has 0 saturated carbocycles. The van der Waals surface area contributed by atoms with Crippen molar-refractivity contribution >= 4 is 15.9 Å². The highest BCUT2D eigenvalue weighted by Gasteiger charge is 2.07. The fourth-order valence-electron chi connectivity index (χ4n) is 0.690. The minimum atomic E-state index is -0.531. The van der Waals surface area contributed by atoms with Gasteiger partial charge >= 0.3 is 0 Å². The number of rotatable bonds is 2. The molecule has 0 fully saturated rings. The lowest BCUT2D eigenvalue weighted by atomic mass is 10.4. The van der Waals surface area contributed by atoms with E-state index in [9.17, 15) is 4.39 Å². The van der Waals surface area contributed by atoms with Gasteiger partial charge in [0, 0.05) is 10.7 Å². The van der Waals surface area contributed by atoms with Crippen LogP contribution in [-0.4, -0.2) is 11.1 Å². The molecule has 1 atom stereocenters. The van der Waals surface area contributed by atoms with Crippen LogP contribution in [0.25, 0.3) is 0 Å². The summed E-state index contributed by atoms with van der Waals surface area (Å²) in [6, 6.07) is 1.27. The molecule has 0 spiro atoms. The average molecular weight is 244 g/mol. The van der Waals surface area contributed by atoms with Gasteiger partial charge in [0.15, 0.2) is 11.9 Å². The van der Waals surface area contributed by atoms with Crippen molar-refractivity contribution in [2.24, 2.45) is 0 Å². The molecule has 0 N–H and O–H groups in total. The Kier molecular flexibility index (Phi) is 3.26. The van der Waals surface area contributed by atoms with E-state index >= 15 is 0 Å². The molecule has 0 bridgehead atoms. The van der Waals surface area contributed by atoms with Crippen molar-refractivity contribution in [3.63, 3.8) is 0 Å². The smallest absolute Gasteiger partial charge is 0.251 e. The van der Waals surface area contributed by atoms with Crippen LogP contribution in [0.5, 0.6) is 5.88 Å². The van der Waals surface area contributed by atoms with Crippen molar-refractivity contribution in [3.8, 4) is 18.2 Å². The van der Waals surface area contributed by atoms with E-state index in [0.717, 1.165) is 0 Å². The van der Waals surface area contributed by atoms with Gasteiger partial charge in [-0.05, 0) is 28.9 Å². The third-order valence-corrected chi connectivity index (χ3v) is 1.73. The molecule has 0 saturated heterocycles. The predicted molar refractivity (Wildman–Crippen MR) is 50.8 cm³/mol. The first-order valence-electron chi connectivity index (χ1n) is 3.57. The van der Waals surface area contributed by atoms with Gasteiger partial charge in [-0.25, -0.2) is 9.37 Å². The predicted octanol–water partition coefficient (Wildman–Crippen LogP) is 2.38. The molecule has 4 heteroatoms. The Bertz CT molecular complexity index is 348. The van der Waals surface area contributed by atoms with E-state index in [2.05, 4.69) is 26.8 Å². The first kappa shape index (κ1) is 10.0. The summed E-state index contributed by atoms with van der Waals surface area (Å²) in [5.41, 5.74) is 0. The number of halogens is 2. The van der Waals surface area contributed by atoms with Crippen molar-refractivity contribution < 1.29 is 9.13 Å². The van der Waals surface area contributed by atoms with Gasteiger partial charge in [-0.15, -0.1) is 6.42 Å². The lowest BCUT2D eigenvalue weighted by molar-refractivity contribution is 0.253. The Labute approximate surface area is 84.3 Å². The van der Waals surface area contributed by atoms with Crippen LogP contribution in [0.1, 0.15) is 6.92 Å². The van der Waals surface area contributed by atoms with Gasteiger partial charge in [0.2, 0.25) is 0 Å². The van der Waals surface area contributed by atoms with E-state index in [4.69, 9.17) is 11.2 Å². The van der Waals surface area contributed by atoms with E-state index < -0.39 is 11.9 Å². The number of hydrogen-bond acceptors (Lipinski definition) is 2. The SMILES string of the molecule is C#CC(C)Oc1ncc(Br)cc1F. The minimum absolute atomic E-state index is 0.0753. The number of ether oxygens (including phenoxy) is 1. The fraction of sp³-hybridized carbons (Fsp3) is 0.222. The quantitative estimate of drug-likeness (QED) is 0.745. The van der Waals surface area contributed by atoms with Crippen LogP contribution in [0.15, 0.2) is 16.7 Å². The van der Waals surface area contributed by atoms with E-state index in [0.29, 0.717) is 4.47 Å². The second-order valence-electron chi connectivity index (χ2n) is 2.37. The zero-order valence-corrected chi connectivity index (χ0v) is 8.51. The maximum Gasteiger partial charge on any atom is 0.251 e. The summed E-state index contributed by atoms with van der Waals surface area (Å²) in [5, 5.41) is 0. The monoisotopic (exact) mass is 243 g/mol. The molecule has 1 rings (SSSR count). The van der Waals surface area contributed by atoms with Gasteiger partial charge in [-0.3, -0.25) is 0 Å². The highest BCUT2D eigenvalue weighted by Crippen LogP contribution is 2.18. The standard InChI is InChI=1S/C9H7BrFNO/c1-3-6(2)13-9-8(11)4-7(10)5-12-9/h1,4-6H,2H3. The summed E-state index contributed by atoms with van der Waals surface area (Å²) >= 11 is 3.08. The molecule has 2 nitrogen and oxygen atoms in total. The largest absolute Gasteiger partial charge is 0.459 e. The summed E-state index contributed by atoms with van der Waals surface area (Å²) in [7, 11) is 0. The Morgan fingerprint density at radius 3 is 3.00 bits per heavy atom. The molecule has 13 heavy (non-hydrogen) atoms. The molecule has 0 aliphatic carbocycles. The fourth-order valence-corrected chi connectivity index (χ4v) is 0.994. The highest BCUT2D eigenvalue weighted by molar-refractivity contribution is 9.10. The van der Waals surface area contributed by atoms with Crippen LogP contribution in [0.3, 0.4) is 0 Å². The van der Waals surface area contributed by atoms with Gasteiger partial charge in [-0.1, -0.05) is 5.92 Å². The van der Waals surface area contributed by atoms with Crippen LogP contribution in [0, 0.1) is 18.2 Å². The minimum Gasteiger partial charge on any atom is -0.459 e. The van der Waals surface area contributed by atoms with Gasteiger partial charge in [0.05, 0.1) is 0 Å². The van der Waals surface area contributed by atoms with Crippen molar-refractivity contribution in [3.05, 3.63) is 22.6 Å². The molecule has 1 heterocycles. The number of hydrogen-bond donors (Lipinski definition) is 0. The van der Waals surface area contributed by atoms with Crippen LogP contribution in [0.4, 0.5) is 4.39 Å². The van der Waals surface area contributed by atoms with Crippen LogP contribution in [-0.2, 0) is 0 Å². The van der Waals surface area contributed by atoms with Crippen molar-refractivity contribution in [1.82, 2.24) is 4.98 Å². The second kappa shape index (κ2) is 4.24. The van der Waals surface area contributed by atoms with Crippen LogP contribution in [0.2, 0.25) is 0 Å². The number of terminal acetylenes is 1. The summed E-state index contributed by atoms with van der Waals surface area (Å²) < 4.78 is 18.6. The number of pyridine rings is 1. The molecule has 1 unspecified atom stereocenters. The van der Waals surface area contributed by atoms with Gasteiger partial charge < -0.3 is 4.74 Å². The molecular formula is C9H7BrFNO. The molecule has 0 aliphatic heterocycles. The zero-order chi connectivity index (χ0) is 9.84. The number of aromatic nitrogens is 1. The summed E-state index contributed by atoms with van der Waals surface area (Å²) in [6.45, 7) is 1.64. The normalized spacial score (nSPS) is 11.8. The van der Waals surface area contributed by atoms with Crippen LogP contribution >= 0.6 is 15.9 Å². The Morgan fingerprint density at radius 1 is 1.77 bits per heavy atom. The van der Waals surface area contributed by atoms with E-state index in [1.165, 1.54) is 12.3 Å². The topological polar surface area (TPSA) is 22.1 Å². The maximum absolute atomic E-state index is 13.1. The summed E-state index contributed by atoms with van der Waals surface area (Å²) in [6.07, 6.45) is 6.03. The third-order valence-electron chi connectivity index (χ3n) is 1.30. The van der Waals surface area contributed by atoms with E-state index in [1.807, 2.05) is 0 Å². The first-order chi connectivity index (χ1) is 6.13. The molecule has 0 aliphatic rings. The molecule has 68 valence electrons. The van der Waals surface area contributed by atoms with Crippen molar-refractivity contribution in [2.45, 2.75) is 13.0 Å². The Morgan fingerprint density at radius 2 is 2.46 bits per heavy atom. The summed E-state index contributed by atoms with van der Waals surface area (Å²) in [4.78, 5) is 3.73. The Hall–Kier alpha value is -1.08. The highest BCUT2D eigenvalue weighted by atomic mass is 79.9. The van der Waals surface area contributed by atoms with E-state index in [-0.39, 0.29) is 5.88 Å². The van der Waals surface area contributed by atoms with Gasteiger partial charge in [0.25, 0.3) is 5.88 Å². The second-order valence-corrected chi connectivity index (χ2v) is 3.28.